The number of nitrogens with one attached hydrogen (secondary N) is 1. The predicted octanol–water partition coefficient (Wildman–Crippen LogP) is 5.02. The zero-order chi connectivity index (χ0) is 44.5. The van der Waals surface area contributed by atoms with Crippen LogP contribution in [0.25, 0.3) is 0 Å². The second kappa shape index (κ2) is 17.6. The van der Waals surface area contributed by atoms with Crippen molar-refractivity contribution in [3.8, 4) is 0 Å². The minimum Gasteiger partial charge on any atom is -0.459 e. The van der Waals surface area contributed by atoms with E-state index < -0.39 is 113 Å². The molecule has 3 aliphatic carbocycles. The van der Waals surface area contributed by atoms with Gasteiger partial charge in [0.05, 0.1) is 29.1 Å². The van der Waals surface area contributed by atoms with Gasteiger partial charge in [0.25, 0.3) is 5.78 Å². The molecule has 10 atom stereocenters. The van der Waals surface area contributed by atoms with Gasteiger partial charge < -0.3 is 43.6 Å². The SMILES string of the molecule is CO[C@H]1C(=O)[C@@]2(C)[C@@H]([C@@H](OC(C)=O)[C@H](OC)C[C@@H]2OC)[C@H](OC(=O)c2ccccc2)[C@]2(O)C[C@H](OC(=O)C(=O)[C@@H](NC(=O)OC(C)(C)C)c3ccccc3)C(C)=C1C2(C)C. The molecule has 15 heteroatoms. The highest BCUT2D eigenvalue weighted by Gasteiger charge is 2.72. The maximum Gasteiger partial charge on any atom is 0.408 e. The van der Waals surface area contributed by atoms with Crippen molar-refractivity contribution in [1.82, 2.24) is 5.32 Å². The molecule has 2 N–H and O–H groups in total. The summed E-state index contributed by atoms with van der Waals surface area (Å²) in [7, 11) is 4.14. The molecule has 0 spiro atoms. The summed E-state index contributed by atoms with van der Waals surface area (Å²) in [6.07, 6.45) is -9.04. The van der Waals surface area contributed by atoms with E-state index in [0.29, 0.717) is 5.57 Å². The van der Waals surface area contributed by atoms with E-state index in [1.165, 1.54) is 40.4 Å². The van der Waals surface area contributed by atoms with Crippen LogP contribution in [0.2, 0.25) is 0 Å². The van der Waals surface area contributed by atoms with E-state index in [-0.39, 0.29) is 23.1 Å². The Bertz CT molecular complexity index is 1990. The molecule has 15 nitrogen and oxygen atoms in total. The molecule has 0 aromatic heterocycles. The molecular weight excluding hydrogens is 778 g/mol. The highest BCUT2D eigenvalue weighted by atomic mass is 16.6. The zero-order valence-corrected chi connectivity index (χ0v) is 36.1. The summed E-state index contributed by atoms with van der Waals surface area (Å²) in [6.45, 7) is 12.6. The lowest BCUT2D eigenvalue weighted by Gasteiger charge is -2.62. The molecule has 2 saturated carbocycles. The third-order valence-electron chi connectivity index (χ3n) is 12.4. The Morgan fingerprint density at radius 3 is 1.98 bits per heavy atom. The number of carbonyl (C=O) groups is 6. The Balaban J connectivity index is 1.71. The van der Waals surface area contributed by atoms with Gasteiger partial charge in [-0.25, -0.2) is 14.4 Å². The number of esters is 3. The van der Waals surface area contributed by atoms with Crippen LogP contribution in [0.5, 0.6) is 0 Å². The second-order valence-corrected chi connectivity index (χ2v) is 17.4. The van der Waals surface area contributed by atoms with Gasteiger partial charge in [-0.1, -0.05) is 62.4 Å². The lowest BCUT2D eigenvalue weighted by atomic mass is 9.47. The van der Waals surface area contributed by atoms with Crippen molar-refractivity contribution < 1.29 is 67.0 Å². The van der Waals surface area contributed by atoms with Gasteiger partial charge in [-0.2, -0.15) is 0 Å². The first-order valence-corrected chi connectivity index (χ1v) is 19.9. The van der Waals surface area contributed by atoms with Gasteiger partial charge in [-0.05, 0) is 63.5 Å². The quantitative estimate of drug-likeness (QED) is 0.132. The number of methoxy groups -OCH3 is 3. The van der Waals surface area contributed by atoms with Crippen molar-refractivity contribution >= 4 is 35.6 Å². The molecule has 2 bridgehead atoms. The highest BCUT2D eigenvalue weighted by Crippen LogP contribution is 2.61. The average Bonchev–Trinajstić information content (AvgIpc) is 3.19. The van der Waals surface area contributed by atoms with Crippen LogP contribution in [0.15, 0.2) is 71.8 Å². The van der Waals surface area contributed by atoms with Crippen molar-refractivity contribution in [2.24, 2.45) is 16.7 Å². The van der Waals surface area contributed by atoms with Crippen LogP contribution in [0.4, 0.5) is 4.79 Å². The van der Waals surface area contributed by atoms with Gasteiger partial charge in [-0.15, -0.1) is 0 Å². The lowest BCUT2D eigenvalue weighted by Crippen LogP contribution is -2.74. The number of benzene rings is 2. The van der Waals surface area contributed by atoms with Crippen LogP contribution in [-0.2, 0) is 52.3 Å². The van der Waals surface area contributed by atoms with E-state index in [2.05, 4.69) is 5.32 Å². The van der Waals surface area contributed by atoms with Crippen LogP contribution in [-0.4, -0.2) is 110 Å². The molecule has 0 aliphatic heterocycles. The van der Waals surface area contributed by atoms with Gasteiger partial charge in [0.2, 0.25) is 0 Å². The maximum absolute atomic E-state index is 15.4. The predicted molar refractivity (Wildman–Crippen MR) is 214 cm³/mol. The second-order valence-electron chi connectivity index (χ2n) is 17.4. The van der Waals surface area contributed by atoms with Crippen LogP contribution in [0, 0.1) is 16.7 Å². The van der Waals surface area contributed by atoms with E-state index >= 15 is 4.79 Å². The maximum atomic E-state index is 15.4. The van der Waals surface area contributed by atoms with Crippen LogP contribution in [0.1, 0.15) is 90.2 Å². The largest absolute Gasteiger partial charge is 0.459 e. The standard InChI is InChI=1S/C45H57NO14/c1-24-29(58-40(51)34(48)33(26-18-14-12-15-19-26)46-41(52)60-42(3,4)5)23-45(53)38(59-39(50)27-20-16-13-17-21-27)32-35(57-25(2)47)28(54-9)22-30(55-10)44(32,8)37(49)36(56-11)31(24)43(45,6)7/h12-21,28-30,32-33,35-36,38,53H,22-23H2,1-11H3,(H,46,52)/t28-,29+,30+,32+,33+,35+,36-,38+,44-,45-/m1/s1. The summed E-state index contributed by atoms with van der Waals surface area (Å²) in [5.74, 6) is -6.03. The van der Waals surface area contributed by atoms with E-state index in [4.69, 9.17) is 33.2 Å². The fourth-order valence-electron chi connectivity index (χ4n) is 9.37. The molecule has 0 radical (unpaired) electrons. The van der Waals surface area contributed by atoms with E-state index in [1.807, 2.05) is 0 Å². The number of amides is 1. The molecule has 0 saturated heterocycles. The monoisotopic (exact) mass is 835 g/mol. The average molecular weight is 836 g/mol. The van der Waals surface area contributed by atoms with E-state index in [0.717, 1.165) is 0 Å². The number of hydrogen-bond acceptors (Lipinski definition) is 14. The fraction of sp³-hybridized carbons (Fsp3) is 0.556. The molecule has 326 valence electrons. The Labute approximate surface area is 350 Å². The molecule has 60 heavy (non-hydrogen) atoms. The lowest BCUT2D eigenvalue weighted by molar-refractivity contribution is -0.258. The number of Topliss-reactive ketones (excluding diaryl/α,β-unsaturated/α-hetero) is 2. The minimum atomic E-state index is -2.26. The first-order chi connectivity index (χ1) is 28.1. The van der Waals surface area contributed by atoms with Crippen LogP contribution in [0.3, 0.4) is 0 Å². The Kier molecular flexibility index (Phi) is 13.5. The first-order valence-electron chi connectivity index (χ1n) is 19.9. The van der Waals surface area contributed by atoms with E-state index in [1.54, 1.807) is 97.0 Å². The summed E-state index contributed by atoms with van der Waals surface area (Å²) in [6, 6.07) is 14.5. The van der Waals surface area contributed by atoms with Gasteiger partial charge >= 0.3 is 24.0 Å². The minimum absolute atomic E-state index is 0.0710. The van der Waals surface area contributed by atoms with Crippen molar-refractivity contribution in [2.45, 2.75) is 122 Å². The third kappa shape index (κ3) is 8.49. The number of carbonyl (C=O) groups excluding carboxylic acids is 6. The van der Waals surface area contributed by atoms with E-state index in [9.17, 15) is 29.1 Å². The van der Waals surface area contributed by atoms with Gasteiger partial charge in [-0.3, -0.25) is 14.4 Å². The number of ketones is 2. The zero-order valence-electron chi connectivity index (χ0n) is 36.1. The smallest absolute Gasteiger partial charge is 0.408 e. The first kappa shape index (κ1) is 46.1. The third-order valence-corrected chi connectivity index (χ3v) is 12.4. The molecule has 2 aromatic rings. The highest BCUT2D eigenvalue weighted by molar-refractivity contribution is 6.36. The molecule has 3 aliphatic rings. The molecule has 5 rings (SSSR count). The molecule has 2 aromatic carbocycles. The molecular formula is C45H57NO14. The summed E-state index contributed by atoms with van der Waals surface area (Å²) in [5, 5.41) is 16.1. The van der Waals surface area contributed by atoms with Crippen molar-refractivity contribution in [3.05, 3.63) is 82.9 Å². The van der Waals surface area contributed by atoms with Crippen LogP contribution < -0.4 is 5.32 Å². The van der Waals surface area contributed by atoms with Crippen molar-refractivity contribution in [1.29, 1.82) is 0 Å². The van der Waals surface area contributed by atoms with Gasteiger partial charge in [0, 0.05) is 46.5 Å². The number of alkyl carbamates (subject to hydrolysis) is 1. The Morgan fingerprint density at radius 1 is 0.850 bits per heavy atom. The number of hydrogen-bond donors (Lipinski definition) is 2. The summed E-state index contributed by atoms with van der Waals surface area (Å²) in [5.41, 5.74) is -5.47. The van der Waals surface area contributed by atoms with Crippen molar-refractivity contribution in [2.75, 3.05) is 21.3 Å². The normalized spacial score (nSPS) is 30.4. The van der Waals surface area contributed by atoms with Crippen LogP contribution >= 0.6 is 0 Å². The summed E-state index contributed by atoms with van der Waals surface area (Å²) < 4.78 is 41.7. The van der Waals surface area contributed by atoms with Gasteiger partial charge in [0.15, 0.2) is 5.78 Å². The number of aliphatic hydroxyl groups is 1. The number of fused-ring (bicyclic) bond motifs is 3. The molecule has 2 fully saturated rings. The van der Waals surface area contributed by atoms with Gasteiger partial charge in [0.1, 0.15) is 41.7 Å². The summed E-state index contributed by atoms with van der Waals surface area (Å²) >= 11 is 0. The molecule has 1 amide bonds. The van der Waals surface area contributed by atoms with Crippen molar-refractivity contribution in [3.63, 3.8) is 0 Å². The molecule has 0 unspecified atom stereocenters. The molecule has 0 heterocycles. The Morgan fingerprint density at radius 2 is 1.45 bits per heavy atom. The summed E-state index contributed by atoms with van der Waals surface area (Å²) in [4.78, 5) is 83.8. The fourth-order valence-corrected chi connectivity index (χ4v) is 9.37. The topological polar surface area (TPSA) is 199 Å². The number of rotatable bonds is 11. The Hall–Kier alpha value is -4.96. The number of ether oxygens (including phenoxy) is 7.